The molecule has 0 aliphatic rings. The monoisotopic (exact) mass is 337 g/mol. The van der Waals surface area contributed by atoms with Gasteiger partial charge in [0.05, 0.1) is 17.5 Å². The molecule has 0 bridgehead atoms. The smallest absolute Gasteiger partial charge is 0.265 e. The summed E-state index contributed by atoms with van der Waals surface area (Å²) in [5, 5.41) is 5.25. The fraction of sp³-hybridized carbons (Fsp3) is 0.368. The number of hydrogen-bond donors (Lipinski definition) is 0. The predicted octanol–water partition coefficient (Wildman–Crippen LogP) is 3.12. The number of rotatable bonds is 3. The van der Waals surface area contributed by atoms with E-state index in [1.54, 1.807) is 17.0 Å². The van der Waals surface area contributed by atoms with Gasteiger partial charge in [0.1, 0.15) is 5.49 Å². The molecular weight excluding hydrogens is 314 g/mol. The minimum Gasteiger partial charge on any atom is -0.268 e. The van der Waals surface area contributed by atoms with Gasteiger partial charge >= 0.3 is 0 Å². The third-order valence-electron chi connectivity index (χ3n) is 3.93. The minimum atomic E-state index is -0.135. The third kappa shape index (κ3) is 3.24. The maximum Gasteiger partial charge on any atom is 0.265 e. The van der Waals surface area contributed by atoms with Crippen molar-refractivity contribution in [3.8, 4) is 0 Å². The van der Waals surface area contributed by atoms with E-state index in [9.17, 15) is 4.79 Å². The highest BCUT2D eigenvalue weighted by Gasteiger charge is 2.17. The fourth-order valence-corrected chi connectivity index (χ4v) is 2.77. The van der Waals surface area contributed by atoms with Crippen LogP contribution in [0.25, 0.3) is 11.0 Å². The topological polar surface area (TPSA) is 65.1 Å². The second-order valence-electron chi connectivity index (χ2n) is 6.67. The highest BCUT2D eigenvalue weighted by Crippen LogP contribution is 2.19. The summed E-state index contributed by atoms with van der Waals surface area (Å²) in [5.41, 5.74) is 2.69. The Balaban J connectivity index is 2.15. The molecule has 3 heterocycles. The van der Waals surface area contributed by atoms with Crippen molar-refractivity contribution in [1.29, 1.82) is 0 Å². The van der Waals surface area contributed by atoms with Crippen molar-refractivity contribution < 1.29 is 4.79 Å². The molecule has 0 fully saturated rings. The Bertz CT molecular complexity index is 994. The molecule has 0 aliphatic carbocycles. The lowest BCUT2D eigenvalue weighted by molar-refractivity contribution is 0.0953. The van der Waals surface area contributed by atoms with E-state index >= 15 is 0 Å². The van der Waals surface area contributed by atoms with Gasteiger partial charge in [0, 0.05) is 23.7 Å². The second kappa shape index (κ2) is 6.63. The molecule has 0 N–H and O–H groups in total. The van der Waals surface area contributed by atoms with Crippen LogP contribution in [-0.4, -0.2) is 31.3 Å². The number of fused-ring (bicyclic) bond motifs is 1. The Morgan fingerprint density at radius 2 is 1.96 bits per heavy atom. The molecule has 0 amide bonds. The largest absolute Gasteiger partial charge is 0.268 e. The summed E-state index contributed by atoms with van der Waals surface area (Å²) in [4.78, 5) is 22.2. The molecule has 3 aromatic heterocycles. The number of hydrogen-bond acceptors (Lipinski definition) is 4. The van der Waals surface area contributed by atoms with E-state index in [1.165, 1.54) is 0 Å². The van der Waals surface area contributed by atoms with E-state index in [4.69, 9.17) is 0 Å². The Labute approximate surface area is 146 Å². The summed E-state index contributed by atoms with van der Waals surface area (Å²) in [6.07, 6.45) is 3.50. The first-order chi connectivity index (χ1) is 11.9. The van der Waals surface area contributed by atoms with Gasteiger partial charge in [-0.2, -0.15) is 5.10 Å². The highest BCUT2D eigenvalue weighted by atomic mass is 16.2. The zero-order valence-electron chi connectivity index (χ0n) is 15.3. The first-order valence-corrected chi connectivity index (χ1v) is 8.49. The molecule has 0 atom stereocenters. The van der Waals surface area contributed by atoms with E-state index in [1.807, 2.05) is 49.7 Å². The number of nitrogens with zero attached hydrogens (tertiary/aromatic N) is 5. The SMILES string of the molecule is Cc1nc2c(cnn2C(C)C)cc1C(=O)n1ccccc1=NC(C)C. The Kier molecular flexibility index (Phi) is 4.53. The van der Waals surface area contributed by atoms with Gasteiger partial charge in [0.2, 0.25) is 0 Å². The molecule has 3 rings (SSSR count). The number of carbonyl (C=O) groups excluding carboxylic acids is 1. The maximum absolute atomic E-state index is 13.1. The minimum absolute atomic E-state index is 0.104. The van der Waals surface area contributed by atoms with E-state index in [-0.39, 0.29) is 18.0 Å². The molecule has 25 heavy (non-hydrogen) atoms. The number of aromatic nitrogens is 4. The van der Waals surface area contributed by atoms with Gasteiger partial charge in [-0.1, -0.05) is 6.07 Å². The molecule has 0 radical (unpaired) electrons. The third-order valence-corrected chi connectivity index (χ3v) is 3.93. The lowest BCUT2D eigenvalue weighted by atomic mass is 10.1. The zero-order chi connectivity index (χ0) is 18.1. The Morgan fingerprint density at radius 3 is 2.64 bits per heavy atom. The van der Waals surface area contributed by atoms with Crippen LogP contribution in [0.3, 0.4) is 0 Å². The second-order valence-corrected chi connectivity index (χ2v) is 6.67. The molecule has 0 saturated carbocycles. The van der Waals surface area contributed by atoms with Crippen LogP contribution >= 0.6 is 0 Å². The summed E-state index contributed by atoms with van der Waals surface area (Å²) >= 11 is 0. The van der Waals surface area contributed by atoms with Crippen LogP contribution in [0.15, 0.2) is 41.7 Å². The number of pyridine rings is 2. The van der Waals surface area contributed by atoms with E-state index in [0.717, 1.165) is 11.0 Å². The van der Waals surface area contributed by atoms with E-state index < -0.39 is 0 Å². The molecular formula is C19H23N5O. The van der Waals surface area contributed by atoms with Gasteiger partial charge in [-0.3, -0.25) is 14.4 Å². The van der Waals surface area contributed by atoms with Crippen LogP contribution in [0, 0.1) is 6.92 Å². The van der Waals surface area contributed by atoms with Crippen LogP contribution in [0.2, 0.25) is 0 Å². The molecule has 0 aliphatic heterocycles. The van der Waals surface area contributed by atoms with Gasteiger partial charge in [-0.05, 0) is 52.8 Å². The van der Waals surface area contributed by atoms with E-state index in [2.05, 4.69) is 28.9 Å². The summed E-state index contributed by atoms with van der Waals surface area (Å²) in [6, 6.07) is 7.74. The summed E-state index contributed by atoms with van der Waals surface area (Å²) in [7, 11) is 0. The maximum atomic E-state index is 13.1. The lowest BCUT2D eigenvalue weighted by Gasteiger charge is -2.11. The van der Waals surface area contributed by atoms with Crippen molar-refractivity contribution in [3.05, 3.63) is 53.4 Å². The lowest BCUT2D eigenvalue weighted by Crippen LogP contribution is -2.28. The van der Waals surface area contributed by atoms with E-state index in [0.29, 0.717) is 16.7 Å². The van der Waals surface area contributed by atoms with Gasteiger partial charge in [0.25, 0.3) is 5.91 Å². The van der Waals surface area contributed by atoms with Crippen molar-refractivity contribution >= 4 is 16.9 Å². The van der Waals surface area contributed by atoms with Gasteiger partial charge in [-0.15, -0.1) is 0 Å². The zero-order valence-corrected chi connectivity index (χ0v) is 15.3. The number of carbonyl (C=O) groups is 1. The first-order valence-electron chi connectivity index (χ1n) is 8.49. The van der Waals surface area contributed by atoms with Crippen LogP contribution < -0.4 is 5.49 Å². The Hall–Kier alpha value is -2.76. The molecule has 0 saturated heterocycles. The first kappa shape index (κ1) is 17.1. The van der Waals surface area contributed by atoms with Crippen LogP contribution in [0.1, 0.15) is 49.8 Å². The quantitative estimate of drug-likeness (QED) is 0.737. The molecule has 0 aromatic carbocycles. The summed E-state index contributed by atoms with van der Waals surface area (Å²) < 4.78 is 3.44. The molecule has 0 unspecified atom stereocenters. The molecule has 6 nitrogen and oxygen atoms in total. The van der Waals surface area contributed by atoms with Crippen molar-refractivity contribution in [1.82, 2.24) is 19.3 Å². The molecule has 3 aromatic rings. The van der Waals surface area contributed by atoms with Crippen molar-refractivity contribution in [2.45, 2.75) is 46.7 Å². The van der Waals surface area contributed by atoms with Crippen molar-refractivity contribution in [2.24, 2.45) is 4.99 Å². The van der Waals surface area contributed by atoms with Crippen molar-refractivity contribution in [2.75, 3.05) is 0 Å². The highest BCUT2D eigenvalue weighted by molar-refractivity contribution is 5.99. The molecule has 130 valence electrons. The normalized spacial score (nSPS) is 12.5. The average Bonchev–Trinajstić information content (AvgIpc) is 2.96. The van der Waals surface area contributed by atoms with Gasteiger partial charge in [-0.25, -0.2) is 9.67 Å². The van der Waals surface area contributed by atoms with Crippen LogP contribution in [0.5, 0.6) is 0 Å². The van der Waals surface area contributed by atoms with Crippen molar-refractivity contribution in [3.63, 3.8) is 0 Å². The Morgan fingerprint density at radius 1 is 1.20 bits per heavy atom. The molecule has 0 spiro atoms. The van der Waals surface area contributed by atoms with Gasteiger partial charge in [0.15, 0.2) is 5.65 Å². The molecule has 6 heteroatoms. The van der Waals surface area contributed by atoms with Crippen LogP contribution in [0.4, 0.5) is 0 Å². The predicted molar refractivity (Wildman–Crippen MR) is 97.5 cm³/mol. The number of aryl methyl sites for hydroxylation is 1. The van der Waals surface area contributed by atoms with Crippen LogP contribution in [-0.2, 0) is 0 Å². The standard InChI is InChI=1S/C19H23N5O/c1-12(2)21-17-8-6-7-9-23(17)19(25)16-10-15-11-20-24(13(3)4)18(15)22-14(16)5/h6-13H,1-5H3. The summed E-state index contributed by atoms with van der Waals surface area (Å²) in [6.45, 7) is 9.94. The van der Waals surface area contributed by atoms with Gasteiger partial charge < -0.3 is 0 Å². The summed E-state index contributed by atoms with van der Waals surface area (Å²) in [5.74, 6) is -0.135. The fourth-order valence-electron chi connectivity index (χ4n) is 2.77. The average molecular weight is 337 g/mol.